The topological polar surface area (TPSA) is 46.9 Å². The zero-order valence-electron chi connectivity index (χ0n) is 14.5. The van der Waals surface area contributed by atoms with Gasteiger partial charge in [-0.25, -0.2) is 13.8 Å². The monoisotopic (exact) mass is 357 g/mol. The lowest BCUT2D eigenvalue weighted by atomic mass is 10.1. The first-order chi connectivity index (χ1) is 12.5. The number of hydrogen-bond donors (Lipinski definition) is 1. The van der Waals surface area contributed by atoms with Gasteiger partial charge in [0.15, 0.2) is 0 Å². The van der Waals surface area contributed by atoms with Gasteiger partial charge in [-0.3, -0.25) is 4.79 Å². The van der Waals surface area contributed by atoms with Gasteiger partial charge in [0.2, 0.25) is 5.91 Å². The molecule has 0 spiro atoms. The highest BCUT2D eigenvalue weighted by molar-refractivity contribution is 5.82. The molecule has 3 rings (SSSR count). The van der Waals surface area contributed by atoms with E-state index < -0.39 is 6.43 Å². The molecule has 2 aromatic heterocycles. The number of pyridine rings is 1. The Morgan fingerprint density at radius 3 is 2.69 bits per heavy atom. The van der Waals surface area contributed by atoms with Crippen molar-refractivity contribution in [2.24, 2.45) is 0 Å². The van der Waals surface area contributed by atoms with E-state index in [1.807, 2.05) is 37.3 Å². The number of alkyl halides is 2. The summed E-state index contributed by atoms with van der Waals surface area (Å²) in [6.07, 6.45) is 0.502. The molecule has 0 aliphatic rings. The van der Waals surface area contributed by atoms with Crippen molar-refractivity contribution in [1.82, 2.24) is 14.9 Å². The summed E-state index contributed by atoms with van der Waals surface area (Å²) < 4.78 is 27.9. The summed E-state index contributed by atoms with van der Waals surface area (Å²) >= 11 is 0. The number of aromatic nitrogens is 2. The Bertz CT molecular complexity index is 877. The van der Waals surface area contributed by atoms with E-state index in [0.29, 0.717) is 11.0 Å². The summed E-state index contributed by atoms with van der Waals surface area (Å²) in [5.41, 5.74) is 1.41. The van der Waals surface area contributed by atoms with Crippen LogP contribution in [0, 0.1) is 0 Å². The summed E-state index contributed by atoms with van der Waals surface area (Å²) in [6, 6.07) is 14.8. The van der Waals surface area contributed by atoms with Crippen LogP contribution in [0.1, 0.15) is 31.0 Å². The molecular formula is C20H21F2N3O. The van der Waals surface area contributed by atoms with E-state index in [0.717, 1.165) is 12.8 Å². The van der Waals surface area contributed by atoms with Gasteiger partial charge in [0.05, 0.1) is 5.69 Å². The van der Waals surface area contributed by atoms with Gasteiger partial charge in [0, 0.05) is 17.6 Å². The first kappa shape index (κ1) is 18.0. The van der Waals surface area contributed by atoms with E-state index in [-0.39, 0.29) is 24.2 Å². The zero-order valence-corrected chi connectivity index (χ0v) is 14.5. The molecule has 0 bridgehead atoms. The molecule has 1 N–H and O–H groups in total. The number of nitrogens with one attached hydrogen (secondary N) is 1. The maximum atomic E-state index is 13.3. The van der Waals surface area contributed by atoms with E-state index in [1.54, 1.807) is 12.1 Å². The van der Waals surface area contributed by atoms with Gasteiger partial charge < -0.3 is 9.88 Å². The minimum atomic E-state index is -2.66. The van der Waals surface area contributed by atoms with E-state index in [1.165, 1.54) is 22.4 Å². The highest BCUT2D eigenvalue weighted by Gasteiger charge is 2.19. The van der Waals surface area contributed by atoms with Crippen molar-refractivity contribution in [3.05, 3.63) is 66.0 Å². The van der Waals surface area contributed by atoms with Crippen LogP contribution in [-0.4, -0.2) is 21.5 Å². The Labute approximate surface area is 150 Å². The van der Waals surface area contributed by atoms with E-state index >= 15 is 0 Å². The fourth-order valence-electron chi connectivity index (χ4n) is 3.02. The molecule has 3 aromatic rings. The van der Waals surface area contributed by atoms with Gasteiger partial charge in [0.25, 0.3) is 6.43 Å². The summed E-state index contributed by atoms with van der Waals surface area (Å²) in [7, 11) is 0. The number of rotatable bonds is 7. The molecule has 6 heteroatoms. The minimum Gasteiger partial charge on any atom is -0.352 e. The molecule has 4 nitrogen and oxygen atoms in total. The van der Waals surface area contributed by atoms with Gasteiger partial charge in [-0.15, -0.1) is 0 Å². The van der Waals surface area contributed by atoms with Crippen LogP contribution in [0.3, 0.4) is 0 Å². The van der Waals surface area contributed by atoms with Crippen molar-refractivity contribution in [3.8, 4) is 0 Å². The third-order valence-electron chi connectivity index (χ3n) is 4.33. The Morgan fingerprint density at radius 2 is 1.96 bits per heavy atom. The molecule has 0 aliphatic heterocycles. The van der Waals surface area contributed by atoms with Crippen molar-refractivity contribution in [1.29, 1.82) is 0 Å². The molecule has 2 heterocycles. The largest absolute Gasteiger partial charge is 0.352 e. The Balaban J connectivity index is 1.64. The van der Waals surface area contributed by atoms with Crippen LogP contribution in [0.4, 0.5) is 8.78 Å². The van der Waals surface area contributed by atoms with E-state index in [9.17, 15) is 13.6 Å². The normalized spacial score (nSPS) is 12.5. The lowest BCUT2D eigenvalue weighted by Gasteiger charge is -2.15. The second-order valence-corrected chi connectivity index (χ2v) is 6.37. The summed E-state index contributed by atoms with van der Waals surface area (Å²) in [5, 5.41) is 3.49. The van der Waals surface area contributed by atoms with Gasteiger partial charge in [-0.05, 0) is 43.5 Å². The van der Waals surface area contributed by atoms with Gasteiger partial charge in [-0.1, -0.05) is 30.3 Å². The lowest BCUT2D eigenvalue weighted by molar-refractivity contribution is -0.122. The quantitative estimate of drug-likeness (QED) is 0.692. The molecule has 0 aliphatic carbocycles. The molecule has 1 amide bonds. The Hall–Kier alpha value is -2.76. The second kappa shape index (κ2) is 8.08. The van der Waals surface area contributed by atoms with Crippen molar-refractivity contribution in [2.75, 3.05) is 0 Å². The molecular weight excluding hydrogens is 336 g/mol. The van der Waals surface area contributed by atoms with Crippen molar-refractivity contribution in [3.63, 3.8) is 0 Å². The number of hydrogen-bond acceptors (Lipinski definition) is 2. The molecule has 136 valence electrons. The highest BCUT2D eigenvalue weighted by atomic mass is 19.3. The zero-order chi connectivity index (χ0) is 18.5. The van der Waals surface area contributed by atoms with Crippen LogP contribution in [0.2, 0.25) is 0 Å². The first-order valence-electron chi connectivity index (χ1n) is 8.60. The number of halogens is 2. The maximum Gasteiger partial charge on any atom is 0.278 e. The van der Waals surface area contributed by atoms with Crippen molar-refractivity contribution >= 4 is 16.9 Å². The van der Waals surface area contributed by atoms with Crippen LogP contribution in [-0.2, 0) is 17.8 Å². The van der Waals surface area contributed by atoms with E-state index in [2.05, 4.69) is 10.3 Å². The van der Waals surface area contributed by atoms with Crippen LogP contribution < -0.4 is 5.32 Å². The smallest absolute Gasteiger partial charge is 0.278 e. The van der Waals surface area contributed by atoms with Gasteiger partial charge in [-0.2, -0.15) is 0 Å². The van der Waals surface area contributed by atoms with Crippen LogP contribution in [0.15, 0.2) is 54.7 Å². The maximum absolute atomic E-state index is 13.3. The van der Waals surface area contributed by atoms with Crippen LogP contribution in [0.5, 0.6) is 0 Å². The third kappa shape index (κ3) is 4.25. The Morgan fingerprint density at radius 1 is 1.19 bits per heavy atom. The molecule has 0 fully saturated rings. The number of nitrogens with zero attached hydrogens (tertiary/aromatic N) is 2. The van der Waals surface area contributed by atoms with Crippen LogP contribution >= 0.6 is 0 Å². The average Bonchev–Trinajstić information content (AvgIpc) is 3.00. The molecule has 26 heavy (non-hydrogen) atoms. The third-order valence-corrected chi connectivity index (χ3v) is 4.33. The standard InChI is InChI=1S/C20H21F2N3O/c1-14(9-10-15-6-3-2-4-7-15)24-18(26)13-25-17(19(21)22)12-16-8-5-11-23-20(16)25/h2-8,11-12,14,19H,9-10,13H2,1H3,(H,24,26). The molecule has 1 aromatic carbocycles. The average molecular weight is 357 g/mol. The predicted molar refractivity (Wildman–Crippen MR) is 97.1 cm³/mol. The highest BCUT2D eigenvalue weighted by Crippen LogP contribution is 2.26. The minimum absolute atomic E-state index is 0.0486. The van der Waals surface area contributed by atoms with Gasteiger partial charge >= 0.3 is 0 Å². The van der Waals surface area contributed by atoms with Gasteiger partial charge in [0.1, 0.15) is 12.2 Å². The number of amides is 1. The first-order valence-corrected chi connectivity index (χ1v) is 8.60. The summed E-state index contributed by atoms with van der Waals surface area (Å²) in [4.78, 5) is 16.5. The fraction of sp³-hybridized carbons (Fsp3) is 0.300. The molecule has 0 radical (unpaired) electrons. The number of carbonyl (C=O) groups excluding carboxylic acids is 1. The Kier molecular flexibility index (Phi) is 5.61. The van der Waals surface area contributed by atoms with Crippen molar-refractivity contribution in [2.45, 2.75) is 38.8 Å². The van der Waals surface area contributed by atoms with Crippen molar-refractivity contribution < 1.29 is 13.6 Å². The number of aryl methyl sites for hydroxylation is 1. The summed E-state index contributed by atoms with van der Waals surface area (Å²) in [5.74, 6) is -0.296. The molecule has 1 unspecified atom stereocenters. The molecule has 0 saturated carbocycles. The summed E-state index contributed by atoms with van der Waals surface area (Å²) in [6.45, 7) is 1.75. The fourth-order valence-corrected chi connectivity index (χ4v) is 3.02. The van der Waals surface area contributed by atoms with Crippen LogP contribution in [0.25, 0.3) is 11.0 Å². The van der Waals surface area contributed by atoms with E-state index in [4.69, 9.17) is 0 Å². The SMILES string of the molecule is CC(CCc1ccccc1)NC(=O)Cn1c(C(F)F)cc2cccnc21. The number of fused-ring (bicyclic) bond motifs is 1. The number of benzene rings is 1. The molecule has 1 atom stereocenters. The molecule has 0 saturated heterocycles. The number of carbonyl (C=O) groups is 1. The lowest BCUT2D eigenvalue weighted by Crippen LogP contribution is -2.35. The predicted octanol–water partition coefficient (Wildman–Crippen LogP) is 4.11. The second-order valence-electron chi connectivity index (χ2n) is 6.37.